The molecule has 0 radical (unpaired) electrons. The van der Waals surface area contributed by atoms with Crippen molar-refractivity contribution in [2.75, 3.05) is 39.6 Å². The molecule has 0 bridgehead atoms. The minimum atomic E-state index is -0.981. The standard InChI is InChI=1S/C8H18O.C4H10O3.C3H4O2/c1-3-5-6-7-8-9-4-2;5-1-3-7-4-2-6;1-2-3(4)5/h3-8H2,1-2H3;5-6H,1-4H2;2H,1H2,(H,4,5). The van der Waals surface area contributed by atoms with Crippen LogP contribution in [0.1, 0.15) is 39.5 Å². The molecule has 0 unspecified atom stereocenters. The predicted octanol–water partition coefficient (Wildman–Crippen LogP) is 1.85. The van der Waals surface area contributed by atoms with E-state index in [4.69, 9.17) is 20.1 Å². The van der Waals surface area contributed by atoms with Crippen molar-refractivity contribution >= 4 is 5.97 Å². The number of ether oxygens (including phenoxy) is 2. The zero-order valence-corrected chi connectivity index (χ0v) is 13.4. The van der Waals surface area contributed by atoms with E-state index < -0.39 is 5.97 Å². The van der Waals surface area contributed by atoms with E-state index in [-0.39, 0.29) is 13.2 Å². The molecule has 0 aromatic rings. The van der Waals surface area contributed by atoms with Gasteiger partial charge in [0.25, 0.3) is 0 Å². The quantitative estimate of drug-likeness (QED) is 0.398. The molecule has 3 N–H and O–H groups in total. The summed E-state index contributed by atoms with van der Waals surface area (Å²) in [6.45, 7) is 9.74. The van der Waals surface area contributed by atoms with Crippen molar-refractivity contribution in [2.24, 2.45) is 0 Å². The molecule has 0 heterocycles. The van der Waals surface area contributed by atoms with Crippen molar-refractivity contribution in [3.05, 3.63) is 12.7 Å². The van der Waals surface area contributed by atoms with Gasteiger partial charge in [-0.2, -0.15) is 0 Å². The third-order valence-corrected chi connectivity index (χ3v) is 1.99. The van der Waals surface area contributed by atoms with Gasteiger partial charge in [0.1, 0.15) is 0 Å². The maximum Gasteiger partial charge on any atom is 0.327 e. The van der Waals surface area contributed by atoms with Crippen molar-refractivity contribution < 1.29 is 29.6 Å². The summed E-state index contributed by atoms with van der Waals surface area (Å²) in [5, 5.41) is 23.8. The SMILES string of the molecule is C=CC(=O)O.CCCCCCOCC.OCCOCCO. The highest BCUT2D eigenvalue weighted by Gasteiger charge is 1.85. The zero-order chi connectivity index (χ0) is 16.8. The first-order valence-corrected chi connectivity index (χ1v) is 7.33. The van der Waals surface area contributed by atoms with Gasteiger partial charge in [-0.1, -0.05) is 32.8 Å². The molecule has 0 aromatic carbocycles. The molecule has 6 heteroatoms. The second-order valence-corrected chi connectivity index (χ2v) is 3.86. The van der Waals surface area contributed by atoms with Crippen LogP contribution in [0, 0.1) is 0 Å². The Kier molecular flexibility index (Phi) is 32.7. The lowest BCUT2D eigenvalue weighted by Gasteiger charge is -1.98. The van der Waals surface area contributed by atoms with E-state index >= 15 is 0 Å². The lowest BCUT2D eigenvalue weighted by Crippen LogP contribution is -2.03. The van der Waals surface area contributed by atoms with Crippen LogP contribution in [0.3, 0.4) is 0 Å². The van der Waals surface area contributed by atoms with E-state index in [1.807, 2.05) is 6.92 Å². The number of aliphatic carboxylic acids is 1. The average Bonchev–Trinajstić information content (AvgIpc) is 2.49. The molecule has 0 atom stereocenters. The normalized spacial score (nSPS) is 8.95. The average molecular weight is 308 g/mol. The van der Waals surface area contributed by atoms with Crippen molar-refractivity contribution in [1.29, 1.82) is 0 Å². The third-order valence-electron chi connectivity index (χ3n) is 1.99. The van der Waals surface area contributed by atoms with E-state index in [0.29, 0.717) is 13.2 Å². The van der Waals surface area contributed by atoms with Crippen LogP contribution in [0.15, 0.2) is 12.7 Å². The summed E-state index contributed by atoms with van der Waals surface area (Å²) in [5.74, 6) is -0.981. The van der Waals surface area contributed by atoms with Gasteiger partial charge in [0.05, 0.1) is 26.4 Å². The predicted molar refractivity (Wildman–Crippen MR) is 83.5 cm³/mol. The van der Waals surface area contributed by atoms with E-state index in [0.717, 1.165) is 19.3 Å². The summed E-state index contributed by atoms with van der Waals surface area (Å²) in [6.07, 6.45) is 6.07. The van der Waals surface area contributed by atoms with Gasteiger partial charge >= 0.3 is 5.97 Å². The third kappa shape index (κ3) is 45.4. The second-order valence-electron chi connectivity index (χ2n) is 3.86. The molecule has 0 saturated heterocycles. The molecule has 0 fully saturated rings. The first-order chi connectivity index (χ1) is 10.1. The fourth-order valence-corrected chi connectivity index (χ4v) is 1.01. The fraction of sp³-hybridized carbons (Fsp3) is 0.800. The number of aliphatic hydroxyl groups is 2. The molecule has 0 aromatic heterocycles. The second kappa shape index (κ2) is 27.4. The molecular formula is C15H32O6. The highest BCUT2D eigenvalue weighted by molar-refractivity contribution is 5.78. The van der Waals surface area contributed by atoms with Gasteiger partial charge in [0, 0.05) is 19.3 Å². The number of carboxylic acids is 1. The number of hydrogen-bond donors (Lipinski definition) is 3. The Labute approximate surface area is 128 Å². The van der Waals surface area contributed by atoms with Crippen LogP contribution in [0.5, 0.6) is 0 Å². The van der Waals surface area contributed by atoms with Crippen LogP contribution >= 0.6 is 0 Å². The Morgan fingerprint density at radius 3 is 1.86 bits per heavy atom. The zero-order valence-electron chi connectivity index (χ0n) is 13.4. The molecule has 128 valence electrons. The molecule has 0 aliphatic rings. The van der Waals surface area contributed by atoms with Crippen molar-refractivity contribution in [3.8, 4) is 0 Å². The lowest BCUT2D eigenvalue weighted by molar-refractivity contribution is -0.131. The molecule has 21 heavy (non-hydrogen) atoms. The molecule has 0 rings (SSSR count). The van der Waals surface area contributed by atoms with Crippen LogP contribution in [0.4, 0.5) is 0 Å². The largest absolute Gasteiger partial charge is 0.478 e. The van der Waals surface area contributed by atoms with Crippen LogP contribution in [0.2, 0.25) is 0 Å². The first kappa shape index (κ1) is 25.0. The van der Waals surface area contributed by atoms with E-state index in [1.165, 1.54) is 25.7 Å². The van der Waals surface area contributed by atoms with Gasteiger partial charge in [0.15, 0.2) is 0 Å². The smallest absolute Gasteiger partial charge is 0.327 e. The van der Waals surface area contributed by atoms with Crippen LogP contribution in [-0.4, -0.2) is 60.9 Å². The van der Waals surface area contributed by atoms with Gasteiger partial charge in [0.2, 0.25) is 0 Å². The fourth-order valence-electron chi connectivity index (χ4n) is 1.01. The number of carboxylic acid groups (broad SMARTS) is 1. The molecule has 0 saturated carbocycles. The topological polar surface area (TPSA) is 96.2 Å². The lowest BCUT2D eigenvalue weighted by atomic mass is 10.2. The maximum atomic E-state index is 9.25. The summed E-state index contributed by atoms with van der Waals surface area (Å²) >= 11 is 0. The minimum absolute atomic E-state index is 0.0278. The summed E-state index contributed by atoms with van der Waals surface area (Å²) in [5.41, 5.74) is 0. The van der Waals surface area contributed by atoms with E-state index in [2.05, 4.69) is 18.2 Å². The molecule has 0 aliphatic carbocycles. The Hall–Kier alpha value is -0.950. The summed E-state index contributed by atoms with van der Waals surface area (Å²) < 4.78 is 9.81. The number of aliphatic hydroxyl groups excluding tert-OH is 2. The number of hydrogen-bond acceptors (Lipinski definition) is 5. The van der Waals surface area contributed by atoms with Crippen molar-refractivity contribution in [2.45, 2.75) is 39.5 Å². The van der Waals surface area contributed by atoms with Crippen LogP contribution in [0.25, 0.3) is 0 Å². The number of rotatable bonds is 11. The van der Waals surface area contributed by atoms with Gasteiger partial charge in [-0.3, -0.25) is 0 Å². The molecular weight excluding hydrogens is 276 g/mol. The Morgan fingerprint density at radius 2 is 1.52 bits per heavy atom. The first-order valence-electron chi connectivity index (χ1n) is 7.33. The van der Waals surface area contributed by atoms with Gasteiger partial charge in [-0.25, -0.2) is 4.79 Å². The van der Waals surface area contributed by atoms with E-state index in [1.54, 1.807) is 0 Å². The van der Waals surface area contributed by atoms with Crippen LogP contribution < -0.4 is 0 Å². The Bertz CT molecular complexity index is 187. The maximum absolute atomic E-state index is 9.25. The highest BCUT2D eigenvalue weighted by Crippen LogP contribution is 1.98. The van der Waals surface area contributed by atoms with Crippen molar-refractivity contribution in [1.82, 2.24) is 0 Å². The summed E-state index contributed by atoms with van der Waals surface area (Å²) in [7, 11) is 0. The molecule has 0 spiro atoms. The Balaban J connectivity index is -0.000000242. The number of unbranched alkanes of at least 4 members (excludes halogenated alkanes) is 3. The van der Waals surface area contributed by atoms with Crippen LogP contribution in [-0.2, 0) is 14.3 Å². The highest BCUT2D eigenvalue weighted by atomic mass is 16.5. The molecule has 6 nitrogen and oxygen atoms in total. The summed E-state index contributed by atoms with van der Waals surface area (Å²) in [6, 6.07) is 0. The number of carbonyl (C=O) groups is 1. The van der Waals surface area contributed by atoms with Gasteiger partial charge in [-0.15, -0.1) is 0 Å². The molecule has 0 amide bonds. The van der Waals surface area contributed by atoms with Crippen molar-refractivity contribution in [3.63, 3.8) is 0 Å². The van der Waals surface area contributed by atoms with E-state index in [9.17, 15) is 4.79 Å². The Morgan fingerprint density at radius 1 is 1.00 bits per heavy atom. The minimum Gasteiger partial charge on any atom is -0.478 e. The molecule has 0 aliphatic heterocycles. The van der Waals surface area contributed by atoms with Gasteiger partial charge < -0.3 is 24.8 Å². The van der Waals surface area contributed by atoms with Gasteiger partial charge in [-0.05, 0) is 13.3 Å². The monoisotopic (exact) mass is 308 g/mol. The summed E-state index contributed by atoms with van der Waals surface area (Å²) in [4.78, 5) is 9.25.